The zero-order valence-corrected chi connectivity index (χ0v) is 9.15. The second-order valence-electron chi connectivity index (χ2n) is 4.01. The van der Waals surface area contributed by atoms with Crippen LogP contribution in [0.5, 0.6) is 0 Å². The van der Waals surface area contributed by atoms with Crippen LogP contribution in [0.1, 0.15) is 26.2 Å². The number of hydrogen-bond donors (Lipinski definition) is 1. The number of nitrogens with zero attached hydrogens (tertiary/aromatic N) is 1. The van der Waals surface area contributed by atoms with Crippen molar-refractivity contribution in [1.82, 2.24) is 4.98 Å². The first-order chi connectivity index (χ1) is 7.38. The lowest BCUT2D eigenvalue weighted by Crippen LogP contribution is -2.33. The van der Waals surface area contributed by atoms with Crippen molar-refractivity contribution in [3.63, 3.8) is 0 Å². The Morgan fingerprint density at radius 2 is 2.53 bits per heavy atom. The van der Waals surface area contributed by atoms with Gasteiger partial charge in [-0.15, -0.1) is 0 Å². The van der Waals surface area contributed by atoms with E-state index in [9.17, 15) is 0 Å². The zero-order valence-electron chi connectivity index (χ0n) is 9.15. The zero-order chi connectivity index (χ0) is 10.5. The summed E-state index contributed by atoms with van der Waals surface area (Å²) in [5, 5.41) is 3.50. The molecule has 0 aromatic carbocycles. The molecule has 82 valence electrons. The molecule has 1 aliphatic heterocycles. The van der Waals surface area contributed by atoms with Crippen molar-refractivity contribution in [2.24, 2.45) is 0 Å². The van der Waals surface area contributed by atoms with E-state index in [1.165, 1.54) is 0 Å². The fourth-order valence-corrected chi connectivity index (χ4v) is 1.98. The average Bonchev–Trinajstić information content (AvgIpc) is 2.31. The number of hydrogen-bond acceptors (Lipinski definition) is 3. The molecule has 3 nitrogen and oxygen atoms in total. The lowest BCUT2D eigenvalue weighted by Gasteiger charge is -2.30. The molecule has 2 heterocycles. The van der Waals surface area contributed by atoms with Gasteiger partial charge in [0.25, 0.3) is 0 Å². The van der Waals surface area contributed by atoms with Gasteiger partial charge in [0.1, 0.15) is 0 Å². The molecular formula is C12H18N2O. The smallest absolute Gasteiger partial charge is 0.0592 e. The summed E-state index contributed by atoms with van der Waals surface area (Å²) in [6, 6.07) is 4.55. The molecule has 15 heavy (non-hydrogen) atoms. The summed E-state index contributed by atoms with van der Waals surface area (Å²) < 4.78 is 5.64. The number of aromatic nitrogens is 1. The minimum atomic E-state index is 0.424. The summed E-state index contributed by atoms with van der Waals surface area (Å²) in [7, 11) is 0. The number of rotatable bonds is 3. The molecule has 3 heteroatoms. The van der Waals surface area contributed by atoms with Crippen LogP contribution in [0.4, 0.5) is 5.69 Å². The highest BCUT2D eigenvalue weighted by Gasteiger charge is 2.20. The van der Waals surface area contributed by atoms with Crippen LogP contribution in [-0.2, 0) is 4.74 Å². The highest BCUT2D eigenvalue weighted by molar-refractivity contribution is 5.40. The fraction of sp³-hybridized carbons (Fsp3) is 0.583. The highest BCUT2D eigenvalue weighted by Crippen LogP contribution is 2.19. The van der Waals surface area contributed by atoms with Gasteiger partial charge in [-0.3, -0.25) is 4.98 Å². The van der Waals surface area contributed by atoms with Gasteiger partial charge in [-0.25, -0.2) is 0 Å². The van der Waals surface area contributed by atoms with Crippen LogP contribution in [0.25, 0.3) is 0 Å². The van der Waals surface area contributed by atoms with Crippen molar-refractivity contribution in [2.75, 3.05) is 11.9 Å². The molecule has 0 bridgehead atoms. The second kappa shape index (κ2) is 5.12. The number of pyridine rings is 1. The average molecular weight is 206 g/mol. The van der Waals surface area contributed by atoms with E-state index < -0.39 is 0 Å². The lowest BCUT2D eigenvalue weighted by atomic mass is 10.0. The standard InChI is InChI=1S/C12H18N2O/c1-2-12-8-10(5-7-15-12)14-11-4-3-6-13-9-11/h3-4,6,9-10,12,14H,2,5,7-8H2,1H3. The Labute approximate surface area is 90.9 Å². The van der Waals surface area contributed by atoms with Gasteiger partial charge < -0.3 is 10.1 Å². The molecule has 1 fully saturated rings. The van der Waals surface area contributed by atoms with Crippen molar-refractivity contribution in [3.8, 4) is 0 Å². The third kappa shape index (κ3) is 2.93. The molecule has 0 spiro atoms. The summed E-state index contributed by atoms with van der Waals surface area (Å²) in [6.07, 6.45) is 7.38. The molecule has 0 amide bonds. The van der Waals surface area contributed by atoms with E-state index in [-0.39, 0.29) is 0 Å². The van der Waals surface area contributed by atoms with Crippen molar-refractivity contribution >= 4 is 5.69 Å². The third-order valence-corrected chi connectivity index (χ3v) is 2.85. The van der Waals surface area contributed by atoms with Crippen LogP contribution in [0.2, 0.25) is 0 Å². The normalized spacial score (nSPS) is 26.2. The summed E-state index contributed by atoms with van der Waals surface area (Å²) in [4.78, 5) is 4.10. The van der Waals surface area contributed by atoms with Gasteiger partial charge in [0.05, 0.1) is 11.8 Å². The summed E-state index contributed by atoms with van der Waals surface area (Å²) in [6.45, 7) is 3.05. The molecule has 2 atom stereocenters. The van der Waals surface area contributed by atoms with Gasteiger partial charge >= 0.3 is 0 Å². The first kappa shape index (κ1) is 10.4. The van der Waals surface area contributed by atoms with Crippen LogP contribution in [0.3, 0.4) is 0 Å². The van der Waals surface area contributed by atoms with E-state index in [0.717, 1.165) is 31.6 Å². The van der Waals surface area contributed by atoms with Crippen molar-refractivity contribution in [3.05, 3.63) is 24.5 Å². The Morgan fingerprint density at radius 3 is 3.27 bits per heavy atom. The molecule has 1 saturated heterocycles. The molecule has 1 aromatic rings. The monoisotopic (exact) mass is 206 g/mol. The molecule has 0 aliphatic carbocycles. The molecular weight excluding hydrogens is 188 g/mol. The summed E-state index contributed by atoms with van der Waals surface area (Å²) >= 11 is 0. The molecule has 2 unspecified atom stereocenters. The Morgan fingerprint density at radius 1 is 1.60 bits per heavy atom. The van der Waals surface area contributed by atoms with Crippen LogP contribution < -0.4 is 5.32 Å². The van der Waals surface area contributed by atoms with E-state index in [2.05, 4.69) is 23.3 Å². The number of nitrogens with one attached hydrogen (secondary N) is 1. The second-order valence-corrected chi connectivity index (χ2v) is 4.01. The maximum absolute atomic E-state index is 5.64. The predicted octanol–water partition coefficient (Wildman–Crippen LogP) is 2.45. The molecule has 1 aliphatic rings. The van der Waals surface area contributed by atoms with Gasteiger partial charge in [0.15, 0.2) is 0 Å². The first-order valence-corrected chi connectivity index (χ1v) is 5.66. The third-order valence-electron chi connectivity index (χ3n) is 2.85. The number of ether oxygens (including phenoxy) is 1. The molecule has 0 saturated carbocycles. The maximum atomic E-state index is 5.64. The molecule has 0 radical (unpaired) electrons. The van der Waals surface area contributed by atoms with Gasteiger partial charge in [-0.2, -0.15) is 0 Å². The van der Waals surface area contributed by atoms with Crippen LogP contribution >= 0.6 is 0 Å². The minimum absolute atomic E-state index is 0.424. The van der Waals surface area contributed by atoms with E-state index in [1.807, 2.05) is 12.3 Å². The topological polar surface area (TPSA) is 34.2 Å². The van der Waals surface area contributed by atoms with Crippen LogP contribution in [0, 0.1) is 0 Å². The summed E-state index contributed by atoms with van der Waals surface area (Å²) in [5.74, 6) is 0. The Balaban J connectivity index is 1.89. The number of anilines is 1. The Kier molecular flexibility index (Phi) is 3.56. The SMILES string of the molecule is CCC1CC(Nc2cccnc2)CCO1. The van der Waals surface area contributed by atoms with Gasteiger partial charge in [-0.1, -0.05) is 6.92 Å². The minimum Gasteiger partial charge on any atom is -0.381 e. The van der Waals surface area contributed by atoms with E-state index in [0.29, 0.717) is 12.1 Å². The van der Waals surface area contributed by atoms with E-state index >= 15 is 0 Å². The summed E-state index contributed by atoms with van der Waals surface area (Å²) in [5.41, 5.74) is 1.11. The predicted molar refractivity (Wildman–Crippen MR) is 60.9 cm³/mol. The Hall–Kier alpha value is -1.09. The van der Waals surface area contributed by atoms with Crippen molar-refractivity contribution in [2.45, 2.75) is 38.3 Å². The van der Waals surface area contributed by atoms with Crippen molar-refractivity contribution in [1.29, 1.82) is 0 Å². The molecule has 1 N–H and O–H groups in total. The van der Waals surface area contributed by atoms with Crippen LogP contribution in [0.15, 0.2) is 24.5 Å². The molecule has 2 rings (SSSR count). The molecule has 1 aromatic heterocycles. The van der Waals surface area contributed by atoms with Crippen molar-refractivity contribution < 1.29 is 4.74 Å². The fourth-order valence-electron chi connectivity index (χ4n) is 1.98. The van der Waals surface area contributed by atoms with E-state index in [4.69, 9.17) is 4.74 Å². The largest absolute Gasteiger partial charge is 0.381 e. The van der Waals surface area contributed by atoms with Gasteiger partial charge in [-0.05, 0) is 31.4 Å². The Bertz CT molecular complexity index is 289. The van der Waals surface area contributed by atoms with Gasteiger partial charge in [0, 0.05) is 25.0 Å². The van der Waals surface area contributed by atoms with Crippen LogP contribution in [-0.4, -0.2) is 23.7 Å². The quantitative estimate of drug-likeness (QED) is 0.824. The first-order valence-electron chi connectivity index (χ1n) is 5.66. The van der Waals surface area contributed by atoms with E-state index in [1.54, 1.807) is 6.20 Å². The van der Waals surface area contributed by atoms with Gasteiger partial charge in [0.2, 0.25) is 0 Å². The highest BCUT2D eigenvalue weighted by atomic mass is 16.5. The maximum Gasteiger partial charge on any atom is 0.0592 e. The lowest BCUT2D eigenvalue weighted by molar-refractivity contribution is 0.00925.